The highest BCUT2D eigenvalue weighted by atomic mass is 32.1. The minimum Gasteiger partial charge on any atom is -0.493 e. The van der Waals surface area contributed by atoms with Gasteiger partial charge >= 0.3 is 0 Å². The zero-order chi connectivity index (χ0) is 19.2. The molecule has 146 valence electrons. The fourth-order valence-electron chi connectivity index (χ4n) is 3.41. The van der Waals surface area contributed by atoms with Gasteiger partial charge in [-0.1, -0.05) is 6.07 Å². The second kappa shape index (κ2) is 9.21. The van der Waals surface area contributed by atoms with Gasteiger partial charge in [-0.2, -0.15) is 11.3 Å². The monoisotopic (exact) mass is 389 g/mol. The summed E-state index contributed by atoms with van der Waals surface area (Å²) in [7, 11) is 5.26. The number of hydrogen-bond acceptors (Lipinski definition) is 6. The van der Waals surface area contributed by atoms with Crippen molar-refractivity contribution < 1.29 is 14.3 Å². The first-order valence-electron chi connectivity index (χ1n) is 9.08. The van der Waals surface area contributed by atoms with Gasteiger partial charge in [-0.25, -0.2) is 0 Å². The molecular formula is C20H27N3O3S. The molecule has 1 aromatic carbocycles. The van der Waals surface area contributed by atoms with E-state index in [-0.39, 0.29) is 11.9 Å². The summed E-state index contributed by atoms with van der Waals surface area (Å²) in [6, 6.07) is 7.66. The third-order valence-corrected chi connectivity index (χ3v) is 5.71. The van der Waals surface area contributed by atoms with E-state index in [1.807, 2.05) is 0 Å². The second-order valence-corrected chi connectivity index (χ2v) is 7.44. The fourth-order valence-corrected chi connectivity index (χ4v) is 4.11. The van der Waals surface area contributed by atoms with Crippen molar-refractivity contribution in [3.05, 3.63) is 46.2 Å². The van der Waals surface area contributed by atoms with Gasteiger partial charge in [0.2, 0.25) is 0 Å². The lowest BCUT2D eigenvalue weighted by molar-refractivity contribution is 0.0883. The normalized spacial score (nSPS) is 16.7. The van der Waals surface area contributed by atoms with Crippen LogP contribution in [-0.2, 0) is 0 Å². The Morgan fingerprint density at radius 1 is 1.19 bits per heavy atom. The van der Waals surface area contributed by atoms with Crippen LogP contribution in [-0.4, -0.2) is 69.7 Å². The van der Waals surface area contributed by atoms with Gasteiger partial charge < -0.3 is 19.7 Å². The highest BCUT2D eigenvalue weighted by Crippen LogP contribution is 2.31. The number of ether oxygens (including phenoxy) is 2. The highest BCUT2D eigenvalue weighted by Gasteiger charge is 2.25. The number of piperazine rings is 1. The van der Waals surface area contributed by atoms with Crippen molar-refractivity contribution >= 4 is 17.2 Å². The summed E-state index contributed by atoms with van der Waals surface area (Å²) < 4.78 is 10.7. The molecule has 1 aromatic heterocycles. The van der Waals surface area contributed by atoms with Gasteiger partial charge in [0.05, 0.1) is 25.8 Å². The third-order valence-electron chi connectivity index (χ3n) is 5.01. The molecule has 0 bridgehead atoms. The highest BCUT2D eigenvalue weighted by molar-refractivity contribution is 7.07. The van der Waals surface area contributed by atoms with Gasteiger partial charge in [0, 0.05) is 32.7 Å². The Labute approximate surface area is 164 Å². The van der Waals surface area contributed by atoms with Gasteiger partial charge in [0.15, 0.2) is 11.5 Å². The van der Waals surface area contributed by atoms with Crippen molar-refractivity contribution in [3.8, 4) is 11.5 Å². The number of para-hydroxylation sites is 1. The Kier molecular flexibility index (Phi) is 6.71. The van der Waals surface area contributed by atoms with E-state index in [0.29, 0.717) is 23.6 Å². The smallest absolute Gasteiger partial charge is 0.255 e. The molecule has 1 saturated heterocycles. The molecule has 1 N–H and O–H groups in total. The molecule has 1 aliphatic rings. The Balaban J connectivity index is 1.73. The lowest BCUT2D eigenvalue weighted by Crippen LogP contribution is -2.48. The Bertz CT molecular complexity index is 743. The van der Waals surface area contributed by atoms with Gasteiger partial charge in [0.25, 0.3) is 5.91 Å². The molecule has 0 saturated carbocycles. The summed E-state index contributed by atoms with van der Waals surface area (Å²) in [6.07, 6.45) is 0. The maximum atomic E-state index is 12.8. The summed E-state index contributed by atoms with van der Waals surface area (Å²) >= 11 is 1.69. The maximum Gasteiger partial charge on any atom is 0.255 e. The van der Waals surface area contributed by atoms with E-state index in [1.165, 1.54) is 5.56 Å². The number of methoxy groups -OCH3 is 2. The van der Waals surface area contributed by atoms with Crippen molar-refractivity contribution in [1.82, 2.24) is 15.1 Å². The van der Waals surface area contributed by atoms with Crippen LogP contribution < -0.4 is 14.8 Å². The Hall–Kier alpha value is -2.09. The van der Waals surface area contributed by atoms with Crippen LogP contribution in [0.5, 0.6) is 11.5 Å². The number of thiophene rings is 1. The van der Waals surface area contributed by atoms with Crippen LogP contribution in [0.4, 0.5) is 0 Å². The van der Waals surface area contributed by atoms with Crippen molar-refractivity contribution in [1.29, 1.82) is 0 Å². The van der Waals surface area contributed by atoms with Crippen LogP contribution in [0.3, 0.4) is 0 Å². The standard InChI is InChI=1S/C20H27N3O3S/c1-22-8-10-23(11-9-22)17(15-7-12-27-14-15)13-21-20(24)16-5-4-6-18(25-2)19(16)26-3/h4-7,12,14,17H,8-11,13H2,1-3H3,(H,21,24)/t17-/m0/s1. The van der Waals surface area contributed by atoms with Crippen molar-refractivity contribution in [3.63, 3.8) is 0 Å². The SMILES string of the molecule is COc1cccc(C(=O)NC[C@@H](c2ccsc2)N2CCN(C)CC2)c1OC. The lowest BCUT2D eigenvalue weighted by Gasteiger charge is -2.38. The molecular weight excluding hydrogens is 362 g/mol. The minimum absolute atomic E-state index is 0.153. The molecule has 2 heterocycles. The number of nitrogens with one attached hydrogen (secondary N) is 1. The first-order chi connectivity index (χ1) is 13.1. The van der Waals surface area contributed by atoms with Crippen LogP contribution in [0.25, 0.3) is 0 Å². The number of benzene rings is 1. The molecule has 0 radical (unpaired) electrons. The first kappa shape index (κ1) is 19.7. The fraction of sp³-hybridized carbons (Fsp3) is 0.450. The van der Waals surface area contributed by atoms with Gasteiger partial charge in [-0.3, -0.25) is 9.69 Å². The largest absolute Gasteiger partial charge is 0.493 e. The second-order valence-electron chi connectivity index (χ2n) is 6.66. The minimum atomic E-state index is -0.153. The number of nitrogens with zero attached hydrogens (tertiary/aromatic N) is 2. The molecule has 1 atom stereocenters. The summed E-state index contributed by atoms with van der Waals surface area (Å²) in [5.41, 5.74) is 1.74. The average Bonchev–Trinajstić information content (AvgIpc) is 3.23. The molecule has 0 unspecified atom stereocenters. The first-order valence-corrected chi connectivity index (χ1v) is 10.0. The number of hydrogen-bond donors (Lipinski definition) is 1. The average molecular weight is 390 g/mol. The van der Waals surface area contributed by atoms with Crippen molar-refractivity contribution in [2.24, 2.45) is 0 Å². The van der Waals surface area contributed by atoms with Crippen LogP contribution >= 0.6 is 11.3 Å². The van der Waals surface area contributed by atoms with E-state index in [9.17, 15) is 4.79 Å². The number of carbonyl (C=O) groups excluding carboxylic acids is 1. The predicted octanol–water partition coefficient (Wildman–Crippen LogP) is 2.48. The van der Waals surface area contributed by atoms with E-state index in [0.717, 1.165) is 26.2 Å². The summed E-state index contributed by atoms with van der Waals surface area (Å²) in [4.78, 5) is 17.6. The van der Waals surface area contributed by atoms with Crippen LogP contribution in [0, 0.1) is 0 Å². The third kappa shape index (κ3) is 4.61. The topological polar surface area (TPSA) is 54.0 Å². The number of amides is 1. The lowest BCUT2D eigenvalue weighted by atomic mass is 10.1. The molecule has 1 fully saturated rings. The number of likely N-dealkylation sites (N-methyl/N-ethyl adjacent to an activating group) is 1. The van der Waals surface area contributed by atoms with E-state index in [1.54, 1.807) is 43.8 Å². The molecule has 2 aromatic rings. The molecule has 0 aliphatic carbocycles. The molecule has 1 amide bonds. The summed E-state index contributed by atoms with van der Waals surface area (Å²) in [6.45, 7) is 4.63. The Morgan fingerprint density at radius 3 is 2.59 bits per heavy atom. The van der Waals surface area contributed by atoms with Crippen LogP contribution in [0.1, 0.15) is 22.0 Å². The van der Waals surface area contributed by atoms with E-state index < -0.39 is 0 Å². The summed E-state index contributed by atoms with van der Waals surface area (Å²) in [5, 5.41) is 7.35. The molecule has 0 spiro atoms. The molecule has 3 rings (SSSR count). The number of carbonyl (C=O) groups is 1. The zero-order valence-corrected chi connectivity index (χ0v) is 16.9. The maximum absolute atomic E-state index is 12.8. The van der Waals surface area contributed by atoms with Gasteiger partial charge in [0.1, 0.15) is 0 Å². The zero-order valence-electron chi connectivity index (χ0n) is 16.1. The van der Waals surface area contributed by atoms with Crippen LogP contribution in [0.2, 0.25) is 0 Å². The van der Waals surface area contributed by atoms with Crippen LogP contribution in [0.15, 0.2) is 35.0 Å². The molecule has 27 heavy (non-hydrogen) atoms. The molecule has 6 nitrogen and oxygen atoms in total. The van der Waals surface area contributed by atoms with Gasteiger partial charge in [-0.15, -0.1) is 0 Å². The van der Waals surface area contributed by atoms with E-state index >= 15 is 0 Å². The van der Waals surface area contributed by atoms with Crippen molar-refractivity contribution in [2.45, 2.75) is 6.04 Å². The molecule has 7 heteroatoms. The number of rotatable bonds is 7. The predicted molar refractivity (Wildman–Crippen MR) is 108 cm³/mol. The van der Waals surface area contributed by atoms with Crippen molar-refractivity contribution in [2.75, 3.05) is 54.0 Å². The molecule has 1 aliphatic heterocycles. The quantitative estimate of drug-likeness (QED) is 0.789. The summed E-state index contributed by atoms with van der Waals surface area (Å²) in [5.74, 6) is 0.864. The van der Waals surface area contributed by atoms with E-state index in [2.05, 4.69) is 39.0 Å². The van der Waals surface area contributed by atoms with Gasteiger partial charge in [-0.05, 0) is 41.6 Å². The Morgan fingerprint density at radius 2 is 1.96 bits per heavy atom. The van der Waals surface area contributed by atoms with E-state index in [4.69, 9.17) is 9.47 Å².